The molecule has 98 valence electrons. The highest BCUT2D eigenvalue weighted by molar-refractivity contribution is 5.71. The van der Waals surface area contributed by atoms with Gasteiger partial charge in [-0.15, -0.1) is 0 Å². The normalized spacial score (nSPS) is 10.8. The molecule has 0 unspecified atom stereocenters. The molecular weight excluding hydrogens is 234 g/mol. The van der Waals surface area contributed by atoms with Gasteiger partial charge in [0.05, 0.1) is 0 Å². The summed E-state index contributed by atoms with van der Waals surface area (Å²) in [5.74, 6) is 0.136. The van der Waals surface area contributed by atoms with Crippen LogP contribution in [-0.4, -0.2) is 18.2 Å². The van der Waals surface area contributed by atoms with Gasteiger partial charge in [0, 0.05) is 0 Å². The van der Waals surface area contributed by atoms with E-state index in [0.717, 1.165) is 5.56 Å². The Morgan fingerprint density at radius 1 is 1.22 bits per heavy atom. The van der Waals surface area contributed by atoms with Crippen molar-refractivity contribution < 1.29 is 14.3 Å². The van der Waals surface area contributed by atoms with Crippen molar-refractivity contribution >= 4 is 5.97 Å². The number of esters is 1. The Balaban J connectivity index is 2.43. The lowest BCUT2D eigenvalue weighted by Crippen LogP contribution is -2.27. The molecule has 5 nitrogen and oxygen atoms in total. The molecule has 0 saturated carbocycles. The molecule has 5 heteroatoms. The summed E-state index contributed by atoms with van der Waals surface area (Å²) in [7, 11) is 0. The highest BCUT2D eigenvalue weighted by atomic mass is 16.6. The molecular formula is C13H17NO4. The summed E-state index contributed by atoms with van der Waals surface area (Å²) in [6.07, 6.45) is 0. The standard InChI is InChI=1S/C13H17NO4/c1-13(2,3)18-12(15)9-17-11-6-4-10(5-7-11)8-14-16/h4-7H,8-9H2,1-3H3. The number of carbonyl (C=O) groups is 1. The first-order valence-electron chi connectivity index (χ1n) is 5.63. The smallest absolute Gasteiger partial charge is 0.344 e. The van der Waals surface area contributed by atoms with Crippen molar-refractivity contribution in [1.29, 1.82) is 0 Å². The van der Waals surface area contributed by atoms with Gasteiger partial charge >= 0.3 is 5.97 Å². The number of hydrogen-bond donors (Lipinski definition) is 0. The van der Waals surface area contributed by atoms with Crippen molar-refractivity contribution in [1.82, 2.24) is 0 Å². The molecule has 0 spiro atoms. The van der Waals surface area contributed by atoms with E-state index in [9.17, 15) is 9.70 Å². The number of hydrogen-bond acceptors (Lipinski definition) is 5. The van der Waals surface area contributed by atoms with Crippen LogP contribution in [0.2, 0.25) is 0 Å². The summed E-state index contributed by atoms with van der Waals surface area (Å²) in [4.78, 5) is 21.5. The van der Waals surface area contributed by atoms with E-state index in [1.807, 2.05) is 0 Å². The molecule has 0 aliphatic heterocycles. The van der Waals surface area contributed by atoms with E-state index in [2.05, 4.69) is 5.18 Å². The lowest BCUT2D eigenvalue weighted by molar-refractivity contribution is -0.157. The minimum atomic E-state index is -0.514. The molecule has 0 aliphatic rings. The molecule has 1 aromatic rings. The van der Waals surface area contributed by atoms with Crippen LogP contribution in [0.15, 0.2) is 29.4 Å². The van der Waals surface area contributed by atoms with E-state index >= 15 is 0 Å². The van der Waals surface area contributed by atoms with E-state index in [-0.39, 0.29) is 13.2 Å². The number of nitroso groups, excluding NO2 is 1. The Labute approximate surface area is 106 Å². The van der Waals surface area contributed by atoms with Crippen molar-refractivity contribution in [3.8, 4) is 5.75 Å². The zero-order valence-electron chi connectivity index (χ0n) is 10.8. The molecule has 0 atom stereocenters. The number of rotatable bonds is 5. The summed E-state index contributed by atoms with van der Waals surface area (Å²) < 4.78 is 10.4. The molecule has 0 N–H and O–H groups in total. The first-order valence-corrected chi connectivity index (χ1v) is 5.63. The van der Waals surface area contributed by atoms with Crippen LogP contribution < -0.4 is 4.74 Å². The fourth-order valence-electron chi connectivity index (χ4n) is 1.28. The van der Waals surface area contributed by atoms with Gasteiger partial charge in [-0.25, -0.2) is 4.79 Å². The molecule has 0 aromatic heterocycles. The third-order valence-electron chi connectivity index (χ3n) is 1.95. The number of benzene rings is 1. The maximum Gasteiger partial charge on any atom is 0.344 e. The summed E-state index contributed by atoms with van der Waals surface area (Å²) in [6.45, 7) is 5.39. The van der Waals surface area contributed by atoms with Crippen LogP contribution in [0.3, 0.4) is 0 Å². The fourth-order valence-corrected chi connectivity index (χ4v) is 1.28. The molecule has 1 rings (SSSR count). The summed E-state index contributed by atoms with van der Waals surface area (Å²) >= 11 is 0. The van der Waals surface area contributed by atoms with E-state index in [4.69, 9.17) is 9.47 Å². The molecule has 0 aliphatic carbocycles. The van der Waals surface area contributed by atoms with Gasteiger partial charge in [0.1, 0.15) is 17.9 Å². The minimum absolute atomic E-state index is 0.131. The average Bonchev–Trinajstić information content (AvgIpc) is 2.26. The first kappa shape index (κ1) is 14.2. The Morgan fingerprint density at radius 2 is 1.83 bits per heavy atom. The van der Waals surface area contributed by atoms with Crippen LogP contribution in [0.25, 0.3) is 0 Å². The zero-order chi connectivity index (χ0) is 13.6. The second-order valence-corrected chi connectivity index (χ2v) is 4.81. The van der Waals surface area contributed by atoms with Crippen LogP contribution in [-0.2, 0) is 16.1 Å². The van der Waals surface area contributed by atoms with Crippen LogP contribution >= 0.6 is 0 Å². The molecule has 0 fully saturated rings. The predicted molar refractivity (Wildman–Crippen MR) is 67.3 cm³/mol. The molecule has 0 bridgehead atoms. The van der Waals surface area contributed by atoms with Gasteiger partial charge in [0.25, 0.3) is 0 Å². The number of carbonyl (C=O) groups excluding carboxylic acids is 1. The maximum atomic E-state index is 11.4. The molecule has 0 heterocycles. The Bertz CT molecular complexity index is 406. The van der Waals surface area contributed by atoms with Gasteiger partial charge in [-0.05, 0) is 38.5 Å². The second kappa shape index (κ2) is 6.14. The average molecular weight is 251 g/mol. The second-order valence-electron chi connectivity index (χ2n) is 4.81. The summed E-state index contributed by atoms with van der Waals surface area (Å²) in [6, 6.07) is 6.83. The van der Waals surface area contributed by atoms with E-state index in [1.165, 1.54) is 0 Å². The molecule has 1 aromatic carbocycles. The Hall–Kier alpha value is -1.91. The van der Waals surface area contributed by atoms with E-state index in [0.29, 0.717) is 5.75 Å². The highest BCUT2D eigenvalue weighted by Crippen LogP contribution is 2.13. The molecule has 0 saturated heterocycles. The van der Waals surface area contributed by atoms with Gasteiger partial charge in [0.15, 0.2) is 6.61 Å². The van der Waals surface area contributed by atoms with E-state index < -0.39 is 11.6 Å². The van der Waals surface area contributed by atoms with Crippen molar-refractivity contribution in [3.05, 3.63) is 34.7 Å². The first-order chi connectivity index (χ1) is 8.40. The summed E-state index contributed by atoms with van der Waals surface area (Å²) in [5, 5.41) is 2.79. The predicted octanol–water partition coefficient (Wildman–Crippen LogP) is 2.67. The van der Waals surface area contributed by atoms with Crippen LogP contribution in [0.1, 0.15) is 26.3 Å². The van der Waals surface area contributed by atoms with Gasteiger partial charge in [-0.1, -0.05) is 17.3 Å². The van der Waals surface area contributed by atoms with E-state index in [1.54, 1.807) is 45.0 Å². The van der Waals surface area contributed by atoms with Gasteiger partial charge in [0.2, 0.25) is 0 Å². The van der Waals surface area contributed by atoms with Crippen molar-refractivity contribution in [3.63, 3.8) is 0 Å². The quantitative estimate of drug-likeness (QED) is 0.596. The minimum Gasteiger partial charge on any atom is -0.482 e. The largest absolute Gasteiger partial charge is 0.482 e. The van der Waals surface area contributed by atoms with Gasteiger partial charge < -0.3 is 9.47 Å². The van der Waals surface area contributed by atoms with Crippen LogP contribution in [0, 0.1) is 4.91 Å². The summed E-state index contributed by atoms with van der Waals surface area (Å²) in [5.41, 5.74) is 0.287. The topological polar surface area (TPSA) is 65.0 Å². The van der Waals surface area contributed by atoms with Crippen molar-refractivity contribution in [2.24, 2.45) is 5.18 Å². The van der Waals surface area contributed by atoms with Crippen molar-refractivity contribution in [2.45, 2.75) is 32.9 Å². The Morgan fingerprint density at radius 3 is 2.33 bits per heavy atom. The SMILES string of the molecule is CC(C)(C)OC(=O)COc1ccc(CN=O)cc1. The van der Waals surface area contributed by atoms with Gasteiger partial charge in [-0.3, -0.25) is 0 Å². The maximum absolute atomic E-state index is 11.4. The third-order valence-corrected chi connectivity index (χ3v) is 1.95. The lowest BCUT2D eigenvalue weighted by Gasteiger charge is -2.19. The molecule has 0 amide bonds. The van der Waals surface area contributed by atoms with Crippen molar-refractivity contribution in [2.75, 3.05) is 6.61 Å². The third kappa shape index (κ3) is 5.43. The van der Waals surface area contributed by atoms with Gasteiger partial charge in [-0.2, -0.15) is 4.91 Å². The molecule has 18 heavy (non-hydrogen) atoms. The highest BCUT2D eigenvalue weighted by Gasteiger charge is 2.16. The Kier molecular flexibility index (Phi) is 4.83. The van der Waals surface area contributed by atoms with Crippen LogP contribution in [0.5, 0.6) is 5.75 Å². The number of ether oxygens (including phenoxy) is 2. The number of nitrogens with zero attached hydrogens (tertiary/aromatic N) is 1. The zero-order valence-corrected chi connectivity index (χ0v) is 10.8. The monoisotopic (exact) mass is 251 g/mol. The fraction of sp³-hybridized carbons (Fsp3) is 0.462. The molecule has 0 radical (unpaired) electrons. The van der Waals surface area contributed by atoms with Crippen LogP contribution in [0.4, 0.5) is 0 Å². The lowest BCUT2D eigenvalue weighted by atomic mass is 10.2.